The lowest BCUT2D eigenvalue weighted by atomic mass is 10.2. The zero-order valence-electron chi connectivity index (χ0n) is 9.82. The first-order valence-corrected chi connectivity index (χ1v) is 5.02. The third-order valence-corrected chi connectivity index (χ3v) is 2.19. The van der Waals surface area contributed by atoms with E-state index in [1.165, 1.54) is 0 Å². The summed E-state index contributed by atoms with van der Waals surface area (Å²) in [6.45, 7) is -0.915. The molecule has 21 heavy (non-hydrogen) atoms. The highest BCUT2D eigenvalue weighted by Crippen LogP contribution is 2.44. The van der Waals surface area contributed by atoms with Crippen LogP contribution in [0, 0.1) is 10.1 Å². The van der Waals surface area contributed by atoms with Gasteiger partial charge in [0.25, 0.3) is 0 Å². The van der Waals surface area contributed by atoms with Crippen molar-refractivity contribution in [2.45, 2.75) is 12.1 Å². The fourth-order valence-corrected chi connectivity index (χ4v) is 1.22. The van der Waals surface area contributed by atoms with Gasteiger partial charge in [0, 0.05) is 0 Å². The number of nitrogens with one attached hydrogen (secondary N) is 1. The van der Waals surface area contributed by atoms with E-state index in [-0.39, 0.29) is 12.3 Å². The van der Waals surface area contributed by atoms with E-state index < -0.39 is 46.6 Å². The Morgan fingerprint density at radius 3 is 2.38 bits per heavy atom. The Bertz CT molecular complexity index is 575. The van der Waals surface area contributed by atoms with Crippen molar-refractivity contribution in [1.29, 1.82) is 0 Å². The summed E-state index contributed by atoms with van der Waals surface area (Å²) in [5, 5.41) is 20.9. The molecule has 0 atom stereocenters. The van der Waals surface area contributed by atoms with E-state index in [1.54, 1.807) is 0 Å². The zero-order valence-corrected chi connectivity index (χ0v) is 9.82. The number of halogens is 5. The maximum Gasteiger partial charge on any atom is 0.459 e. The quantitative estimate of drug-likeness (QED) is 0.490. The Morgan fingerprint density at radius 2 is 1.95 bits per heavy atom. The summed E-state index contributed by atoms with van der Waals surface area (Å²) in [4.78, 5) is 22.5. The molecule has 0 bridgehead atoms. The molecule has 1 heterocycles. The van der Waals surface area contributed by atoms with Crippen molar-refractivity contribution in [1.82, 2.24) is 4.98 Å². The van der Waals surface area contributed by atoms with Gasteiger partial charge in [-0.15, -0.1) is 0 Å². The molecule has 0 aliphatic rings. The van der Waals surface area contributed by atoms with Gasteiger partial charge in [0.05, 0.1) is 4.92 Å². The second-order valence-electron chi connectivity index (χ2n) is 3.66. The summed E-state index contributed by atoms with van der Waals surface area (Å²) in [5.74, 6) is -6.83. The maximum absolute atomic E-state index is 13.1. The van der Waals surface area contributed by atoms with Gasteiger partial charge in [-0.1, -0.05) is 0 Å². The summed E-state index contributed by atoms with van der Waals surface area (Å²) in [6, 6.07) is 0.0918. The van der Waals surface area contributed by atoms with Gasteiger partial charge in [-0.2, -0.15) is 22.0 Å². The monoisotopic (exact) mass is 315 g/mol. The van der Waals surface area contributed by atoms with Crippen molar-refractivity contribution in [2.75, 3.05) is 11.9 Å². The minimum atomic E-state index is -5.94. The molecule has 1 aromatic rings. The molecular formula is C9H6F5N3O4. The first-order valence-electron chi connectivity index (χ1n) is 5.02. The highest BCUT2D eigenvalue weighted by molar-refractivity contribution is 5.74. The minimum Gasteiger partial charge on any atom is -0.480 e. The summed E-state index contributed by atoms with van der Waals surface area (Å²) in [5.41, 5.74) is -3.53. The van der Waals surface area contributed by atoms with Crippen molar-refractivity contribution in [2.24, 2.45) is 0 Å². The van der Waals surface area contributed by atoms with Gasteiger partial charge in [-0.05, 0) is 6.07 Å². The van der Waals surface area contributed by atoms with E-state index in [0.717, 1.165) is 0 Å². The Morgan fingerprint density at radius 1 is 1.38 bits per heavy atom. The average Bonchev–Trinajstić information content (AvgIpc) is 2.34. The number of hydrogen-bond donors (Lipinski definition) is 2. The second-order valence-corrected chi connectivity index (χ2v) is 3.66. The molecule has 0 spiro atoms. The first-order chi connectivity index (χ1) is 9.46. The average molecular weight is 315 g/mol. The Kier molecular flexibility index (Phi) is 4.29. The summed E-state index contributed by atoms with van der Waals surface area (Å²) < 4.78 is 62.7. The predicted octanol–water partition coefficient (Wildman–Crippen LogP) is 2.14. The normalized spacial score (nSPS) is 12.0. The van der Waals surface area contributed by atoms with Gasteiger partial charge in [-0.3, -0.25) is 14.9 Å². The first kappa shape index (κ1) is 16.5. The van der Waals surface area contributed by atoms with Crippen LogP contribution in [0.25, 0.3) is 0 Å². The number of hydrogen-bond acceptors (Lipinski definition) is 5. The van der Waals surface area contributed by atoms with E-state index >= 15 is 0 Å². The molecule has 2 N–H and O–H groups in total. The third-order valence-electron chi connectivity index (χ3n) is 2.19. The number of carbonyl (C=O) groups is 1. The third kappa shape index (κ3) is 3.52. The Balaban J connectivity index is 3.30. The second kappa shape index (κ2) is 5.46. The van der Waals surface area contributed by atoms with Crippen molar-refractivity contribution in [3.05, 3.63) is 28.1 Å². The van der Waals surface area contributed by atoms with Gasteiger partial charge in [0.1, 0.15) is 24.1 Å². The van der Waals surface area contributed by atoms with Crippen molar-refractivity contribution in [3.8, 4) is 0 Å². The Labute approximate surface area is 112 Å². The molecule has 1 aromatic heterocycles. The van der Waals surface area contributed by atoms with Gasteiger partial charge < -0.3 is 10.4 Å². The van der Waals surface area contributed by atoms with Gasteiger partial charge >= 0.3 is 23.8 Å². The van der Waals surface area contributed by atoms with Gasteiger partial charge in [0.15, 0.2) is 0 Å². The van der Waals surface area contributed by atoms with Crippen LogP contribution in [0.5, 0.6) is 0 Å². The lowest BCUT2D eigenvalue weighted by Gasteiger charge is -2.19. The van der Waals surface area contributed by atoms with Crippen LogP contribution in [-0.4, -0.2) is 33.7 Å². The molecular weight excluding hydrogens is 309 g/mol. The number of aliphatic carboxylic acids is 1. The molecule has 7 nitrogen and oxygen atoms in total. The van der Waals surface area contributed by atoms with E-state index in [0.29, 0.717) is 0 Å². The van der Waals surface area contributed by atoms with E-state index in [2.05, 4.69) is 4.98 Å². The van der Waals surface area contributed by atoms with Crippen LogP contribution < -0.4 is 5.32 Å². The number of anilines is 1. The highest BCUT2D eigenvalue weighted by Gasteiger charge is 2.60. The number of pyridine rings is 1. The molecule has 0 amide bonds. The highest BCUT2D eigenvalue weighted by atomic mass is 19.4. The number of carboxylic acid groups (broad SMARTS) is 1. The van der Waals surface area contributed by atoms with Crippen LogP contribution in [0.3, 0.4) is 0 Å². The topological polar surface area (TPSA) is 105 Å². The molecule has 116 valence electrons. The molecule has 0 aliphatic carbocycles. The van der Waals surface area contributed by atoms with Crippen molar-refractivity contribution in [3.63, 3.8) is 0 Å². The molecule has 0 saturated heterocycles. The molecule has 0 fully saturated rings. The smallest absolute Gasteiger partial charge is 0.459 e. The molecule has 0 unspecified atom stereocenters. The number of rotatable bonds is 5. The van der Waals surface area contributed by atoms with Gasteiger partial charge in [-0.25, -0.2) is 4.98 Å². The fraction of sp³-hybridized carbons (Fsp3) is 0.333. The van der Waals surface area contributed by atoms with Crippen molar-refractivity contribution >= 4 is 17.3 Å². The van der Waals surface area contributed by atoms with Gasteiger partial charge in [0.2, 0.25) is 0 Å². The van der Waals surface area contributed by atoms with Crippen LogP contribution in [0.4, 0.5) is 33.3 Å². The maximum atomic E-state index is 13.1. The van der Waals surface area contributed by atoms with E-state index in [1.807, 2.05) is 5.32 Å². The molecule has 12 heteroatoms. The lowest BCUT2D eigenvalue weighted by Crippen LogP contribution is -2.34. The van der Waals surface area contributed by atoms with Crippen LogP contribution in [0.15, 0.2) is 12.3 Å². The zero-order chi connectivity index (χ0) is 16.4. The van der Waals surface area contributed by atoms with Crippen LogP contribution >= 0.6 is 0 Å². The minimum absolute atomic E-state index is 0.0918. The summed E-state index contributed by atoms with van der Waals surface area (Å²) in [6.07, 6.45) is -5.75. The fourth-order valence-electron chi connectivity index (χ4n) is 1.22. The van der Waals surface area contributed by atoms with Crippen molar-refractivity contribution < 1.29 is 36.8 Å². The molecule has 0 radical (unpaired) electrons. The van der Waals surface area contributed by atoms with E-state index in [4.69, 9.17) is 5.11 Å². The molecule has 0 saturated carbocycles. The van der Waals surface area contributed by atoms with Crippen LogP contribution in [0.2, 0.25) is 0 Å². The lowest BCUT2D eigenvalue weighted by molar-refractivity contribution is -0.384. The molecule has 1 rings (SSSR count). The standard InChI is InChI=1S/C9H6F5N3O4/c10-8(11,9(12,13)14)6-1-4(15-3-7(18)19)5(2-16-6)17(20)21/h1-2H,3H2,(H,15,16)(H,18,19). The number of nitrogens with zero attached hydrogens (tertiary/aromatic N) is 2. The Hall–Kier alpha value is -2.53. The number of aromatic nitrogens is 1. The largest absolute Gasteiger partial charge is 0.480 e. The molecule has 0 aromatic carbocycles. The van der Waals surface area contributed by atoms with Crippen LogP contribution in [-0.2, 0) is 10.7 Å². The van der Waals surface area contributed by atoms with Crippen LogP contribution in [0.1, 0.15) is 5.69 Å². The summed E-state index contributed by atoms with van der Waals surface area (Å²) >= 11 is 0. The SMILES string of the molecule is O=C(O)CNc1cc(C(F)(F)C(F)(F)F)ncc1[N+](=O)[O-]. The molecule has 0 aliphatic heterocycles. The number of alkyl halides is 5. The predicted molar refractivity (Wildman–Crippen MR) is 57.0 cm³/mol. The van der Waals surface area contributed by atoms with E-state index in [9.17, 15) is 36.9 Å². The number of nitro groups is 1. The number of carboxylic acids is 1. The summed E-state index contributed by atoms with van der Waals surface area (Å²) in [7, 11) is 0.